The second-order valence-corrected chi connectivity index (χ2v) is 7.90. The summed E-state index contributed by atoms with van der Waals surface area (Å²) >= 11 is 0. The Labute approximate surface area is 131 Å². The second kappa shape index (κ2) is 6.93. The van der Waals surface area contributed by atoms with E-state index in [0.717, 1.165) is 19.4 Å². The van der Waals surface area contributed by atoms with E-state index < -0.39 is 10.0 Å². The molecule has 122 valence electrons. The smallest absolute Gasteiger partial charge is 0.214 e. The van der Waals surface area contributed by atoms with Crippen LogP contribution in [0.3, 0.4) is 0 Å². The molecular formula is C15H22N2O4S. The molecule has 1 aromatic heterocycles. The molecule has 3 rings (SSSR count). The van der Waals surface area contributed by atoms with Crippen LogP contribution in [0.15, 0.2) is 24.5 Å². The Bertz CT molecular complexity index is 572. The molecule has 3 heterocycles. The normalized spacial score (nSPS) is 26.4. The van der Waals surface area contributed by atoms with E-state index in [2.05, 4.69) is 4.98 Å². The van der Waals surface area contributed by atoms with Gasteiger partial charge in [-0.2, -0.15) is 4.31 Å². The van der Waals surface area contributed by atoms with Gasteiger partial charge >= 0.3 is 0 Å². The van der Waals surface area contributed by atoms with Gasteiger partial charge in [0.1, 0.15) is 11.9 Å². The molecule has 7 heteroatoms. The zero-order valence-electron chi connectivity index (χ0n) is 12.6. The lowest BCUT2D eigenvalue weighted by Crippen LogP contribution is -2.33. The first-order chi connectivity index (χ1) is 10.6. The summed E-state index contributed by atoms with van der Waals surface area (Å²) in [5.74, 6) is 0.850. The van der Waals surface area contributed by atoms with Crippen LogP contribution in [-0.4, -0.2) is 55.4 Å². The Hall–Kier alpha value is -1.18. The van der Waals surface area contributed by atoms with Crippen molar-refractivity contribution in [2.24, 2.45) is 0 Å². The van der Waals surface area contributed by atoms with Crippen molar-refractivity contribution in [2.75, 3.05) is 25.4 Å². The predicted molar refractivity (Wildman–Crippen MR) is 82.2 cm³/mol. The van der Waals surface area contributed by atoms with Crippen molar-refractivity contribution >= 4 is 10.0 Å². The summed E-state index contributed by atoms with van der Waals surface area (Å²) in [7, 11) is -3.21. The molecule has 2 saturated heterocycles. The first kappa shape index (κ1) is 15.7. The zero-order chi connectivity index (χ0) is 15.4. The molecule has 0 N–H and O–H groups in total. The van der Waals surface area contributed by atoms with Crippen molar-refractivity contribution < 1.29 is 17.9 Å². The topological polar surface area (TPSA) is 68.7 Å². The van der Waals surface area contributed by atoms with E-state index in [9.17, 15) is 8.42 Å². The van der Waals surface area contributed by atoms with Gasteiger partial charge in [0.2, 0.25) is 10.0 Å². The highest BCUT2D eigenvalue weighted by Crippen LogP contribution is 2.22. The number of hydrogen-bond acceptors (Lipinski definition) is 5. The van der Waals surface area contributed by atoms with Gasteiger partial charge in [-0.15, -0.1) is 0 Å². The van der Waals surface area contributed by atoms with Crippen LogP contribution in [0, 0.1) is 0 Å². The lowest BCUT2D eigenvalue weighted by atomic mass is 10.2. The summed E-state index contributed by atoms with van der Waals surface area (Å²) < 4.78 is 37.6. The number of aromatic nitrogens is 1. The van der Waals surface area contributed by atoms with Gasteiger partial charge in [0.15, 0.2) is 0 Å². The van der Waals surface area contributed by atoms with Crippen molar-refractivity contribution in [2.45, 2.75) is 37.9 Å². The van der Waals surface area contributed by atoms with Gasteiger partial charge in [0.25, 0.3) is 0 Å². The fraction of sp³-hybridized carbons (Fsp3) is 0.667. The van der Waals surface area contributed by atoms with Crippen molar-refractivity contribution in [3.8, 4) is 5.75 Å². The lowest BCUT2D eigenvalue weighted by molar-refractivity contribution is 0.108. The maximum atomic E-state index is 12.4. The van der Waals surface area contributed by atoms with Crippen LogP contribution in [0.4, 0.5) is 0 Å². The predicted octanol–water partition coefficient (Wildman–Crippen LogP) is 1.43. The Balaban J connectivity index is 1.50. The van der Waals surface area contributed by atoms with Crippen LogP contribution < -0.4 is 4.74 Å². The Morgan fingerprint density at radius 1 is 1.41 bits per heavy atom. The summed E-state index contributed by atoms with van der Waals surface area (Å²) in [5.41, 5.74) is 0. The fourth-order valence-electron chi connectivity index (χ4n) is 2.94. The molecule has 2 aliphatic heterocycles. The van der Waals surface area contributed by atoms with Gasteiger partial charge in [-0.1, -0.05) is 0 Å². The van der Waals surface area contributed by atoms with Crippen LogP contribution in [0.25, 0.3) is 0 Å². The summed E-state index contributed by atoms with van der Waals surface area (Å²) in [4.78, 5) is 4.00. The molecule has 0 saturated carbocycles. The van der Waals surface area contributed by atoms with Crippen molar-refractivity contribution in [1.82, 2.24) is 9.29 Å². The van der Waals surface area contributed by atoms with Crippen LogP contribution in [0.2, 0.25) is 0 Å². The first-order valence-corrected chi connectivity index (χ1v) is 9.40. The third-order valence-electron chi connectivity index (χ3n) is 4.16. The number of rotatable bonds is 6. The summed E-state index contributed by atoms with van der Waals surface area (Å²) in [6.45, 7) is 1.71. The maximum absolute atomic E-state index is 12.4. The van der Waals surface area contributed by atoms with E-state index in [4.69, 9.17) is 9.47 Å². The first-order valence-electron chi connectivity index (χ1n) is 7.79. The fourth-order valence-corrected chi connectivity index (χ4v) is 4.53. The molecule has 0 aromatic carbocycles. The summed E-state index contributed by atoms with van der Waals surface area (Å²) in [5, 5.41) is 0. The largest absolute Gasteiger partial charge is 0.487 e. The molecule has 2 fully saturated rings. The van der Waals surface area contributed by atoms with Gasteiger partial charge in [-0.3, -0.25) is 4.98 Å². The highest BCUT2D eigenvalue weighted by Gasteiger charge is 2.33. The van der Waals surface area contributed by atoms with E-state index in [1.165, 1.54) is 0 Å². The molecule has 0 aliphatic carbocycles. The summed E-state index contributed by atoms with van der Waals surface area (Å²) in [6, 6.07) is 3.64. The van der Waals surface area contributed by atoms with Crippen LogP contribution in [0.5, 0.6) is 5.75 Å². The molecule has 2 atom stereocenters. The average Bonchev–Trinajstić information content (AvgIpc) is 3.18. The maximum Gasteiger partial charge on any atom is 0.214 e. The highest BCUT2D eigenvalue weighted by atomic mass is 32.2. The van der Waals surface area contributed by atoms with Crippen LogP contribution >= 0.6 is 0 Å². The number of sulfonamides is 1. The van der Waals surface area contributed by atoms with Gasteiger partial charge < -0.3 is 9.47 Å². The molecule has 0 amide bonds. The SMILES string of the molecule is O=S(=O)(CC[C@@H]1CCCO1)N1CC[C@@H](Oc2cccnc2)C1. The molecular weight excluding hydrogens is 304 g/mol. The molecule has 0 spiro atoms. The number of pyridine rings is 1. The standard InChI is InChI=1S/C15H22N2O4S/c18-22(19,10-6-13-4-2-9-20-13)17-8-5-15(12-17)21-14-3-1-7-16-11-14/h1,3,7,11,13,15H,2,4-6,8-10,12H2/t13-,15+/m0/s1. The molecule has 0 bridgehead atoms. The van der Waals surface area contributed by atoms with Gasteiger partial charge in [-0.05, 0) is 37.8 Å². The number of hydrogen-bond donors (Lipinski definition) is 0. The third-order valence-corrected chi connectivity index (χ3v) is 6.03. The molecule has 2 aliphatic rings. The zero-order valence-corrected chi connectivity index (χ0v) is 13.4. The van der Waals surface area contributed by atoms with E-state index in [0.29, 0.717) is 31.7 Å². The molecule has 22 heavy (non-hydrogen) atoms. The number of ether oxygens (including phenoxy) is 2. The molecule has 1 aromatic rings. The van der Waals surface area contributed by atoms with E-state index in [1.54, 1.807) is 22.8 Å². The van der Waals surface area contributed by atoms with E-state index in [1.807, 2.05) is 6.07 Å². The van der Waals surface area contributed by atoms with Crippen molar-refractivity contribution in [1.29, 1.82) is 0 Å². The molecule has 0 radical (unpaired) electrons. The minimum atomic E-state index is -3.21. The van der Waals surface area contributed by atoms with E-state index >= 15 is 0 Å². The minimum absolute atomic E-state index is 0.0956. The van der Waals surface area contributed by atoms with Crippen LogP contribution in [-0.2, 0) is 14.8 Å². The number of nitrogens with zero attached hydrogens (tertiary/aromatic N) is 2. The Morgan fingerprint density at radius 2 is 2.32 bits per heavy atom. The second-order valence-electron chi connectivity index (χ2n) is 5.81. The van der Waals surface area contributed by atoms with Crippen molar-refractivity contribution in [3.63, 3.8) is 0 Å². The molecule has 0 unspecified atom stereocenters. The third kappa shape index (κ3) is 3.97. The van der Waals surface area contributed by atoms with Gasteiger partial charge in [0.05, 0.1) is 24.6 Å². The van der Waals surface area contributed by atoms with E-state index in [-0.39, 0.29) is 18.0 Å². The van der Waals surface area contributed by atoms with Gasteiger partial charge in [-0.25, -0.2) is 8.42 Å². The molecule has 6 nitrogen and oxygen atoms in total. The average molecular weight is 326 g/mol. The van der Waals surface area contributed by atoms with Crippen LogP contribution in [0.1, 0.15) is 25.7 Å². The lowest BCUT2D eigenvalue weighted by Gasteiger charge is -2.18. The highest BCUT2D eigenvalue weighted by molar-refractivity contribution is 7.89. The monoisotopic (exact) mass is 326 g/mol. The summed E-state index contributed by atoms with van der Waals surface area (Å²) in [6.07, 6.45) is 6.66. The minimum Gasteiger partial charge on any atom is -0.487 e. The Kier molecular flexibility index (Phi) is 4.95. The van der Waals surface area contributed by atoms with Crippen molar-refractivity contribution in [3.05, 3.63) is 24.5 Å². The quantitative estimate of drug-likeness (QED) is 0.791. The Morgan fingerprint density at radius 3 is 3.05 bits per heavy atom. The van der Waals surface area contributed by atoms with Gasteiger partial charge in [0, 0.05) is 19.3 Å².